The lowest BCUT2D eigenvalue weighted by atomic mass is 9.83. The van der Waals surface area contributed by atoms with Crippen LogP contribution in [0, 0.1) is 5.92 Å². The third-order valence-electron chi connectivity index (χ3n) is 4.48. The lowest BCUT2D eigenvalue weighted by Gasteiger charge is -2.40. The van der Waals surface area contributed by atoms with Gasteiger partial charge >= 0.3 is 0 Å². The summed E-state index contributed by atoms with van der Waals surface area (Å²) in [6, 6.07) is 7.26. The number of ether oxygens (including phenoxy) is 1. The number of methoxy groups -OCH3 is 1. The molecule has 0 aromatic heterocycles. The first-order valence-corrected chi connectivity index (χ1v) is 8.44. The van der Waals surface area contributed by atoms with Crippen molar-refractivity contribution in [3.63, 3.8) is 0 Å². The molecule has 0 saturated carbocycles. The number of hydrogen-bond donors (Lipinski definition) is 2. The fourth-order valence-corrected chi connectivity index (χ4v) is 3.24. The number of aliphatic hydroxyl groups excluding tert-OH is 1. The molecule has 6 heteroatoms. The fourth-order valence-electron chi connectivity index (χ4n) is 3.24. The van der Waals surface area contributed by atoms with Crippen LogP contribution in [-0.4, -0.2) is 48.6 Å². The molecule has 1 fully saturated rings. The van der Waals surface area contributed by atoms with Gasteiger partial charge in [0.25, 0.3) is 0 Å². The number of carbonyl (C=O) groups excluding carboxylic acids is 2. The number of amides is 2. The Morgan fingerprint density at radius 3 is 2.67 bits per heavy atom. The van der Waals surface area contributed by atoms with Gasteiger partial charge in [-0.3, -0.25) is 9.59 Å². The number of nitrogens with one attached hydrogen (secondary N) is 1. The molecule has 6 nitrogen and oxygen atoms in total. The Morgan fingerprint density at radius 2 is 2.08 bits per heavy atom. The van der Waals surface area contributed by atoms with E-state index < -0.39 is 0 Å². The van der Waals surface area contributed by atoms with Crippen molar-refractivity contribution in [1.82, 2.24) is 10.2 Å². The zero-order valence-corrected chi connectivity index (χ0v) is 14.3. The molecule has 0 spiro atoms. The van der Waals surface area contributed by atoms with Crippen molar-refractivity contribution >= 4 is 11.8 Å². The first-order chi connectivity index (χ1) is 11.6. The summed E-state index contributed by atoms with van der Waals surface area (Å²) in [5.74, 6) is 0.482. The summed E-state index contributed by atoms with van der Waals surface area (Å²) >= 11 is 0. The highest BCUT2D eigenvalue weighted by Gasteiger charge is 2.39. The van der Waals surface area contributed by atoms with Gasteiger partial charge in [-0.15, -0.1) is 0 Å². The van der Waals surface area contributed by atoms with Crippen LogP contribution in [0.2, 0.25) is 0 Å². The van der Waals surface area contributed by atoms with Gasteiger partial charge in [0.1, 0.15) is 5.75 Å². The minimum Gasteiger partial charge on any atom is -0.497 e. The SMILES string of the molecule is CCN1C(=O)CC[C@@H](C(=O)NCCCO)[C@@H]1c1ccc(OC)cc1. The van der Waals surface area contributed by atoms with E-state index >= 15 is 0 Å². The van der Waals surface area contributed by atoms with Crippen LogP contribution in [0.25, 0.3) is 0 Å². The number of carbonyl (C=O) groups is 2. The molecule has 2 amide bonds. The molecule has 2 rings (SSSR count). The first-order valence-electron chi connectivity index (χ1n) is 8.44. The molecular weight excluding hydrogens is 308 g/mol. The summed E-state index contributed by atoms with van der Waals surface area (Å²) in [6.07, 6.45) is 1.46. The molecule has 1 heterocycles. The van der Waals surface area contributed by atoms with E-state index in [2.05, 4.69) is 5.32 Å². The van der Waals surface area contributed by atoms with Gasteiger partial charge in [0, 0.05) is 26.1 Å². The molecule has 1 aliphatic rings. The highest BCUT2D eigenvalue weighted by Crippen LogP contribution is 2.37. The quantitative estimate of drug-likeness (QED) is 0.741. The van der Waals surface area contributed by atoms with Crippen LogP contribution < -0.4 is 10.1 Å². The first kappa shape index (κ1) is 18.3. The minimum absolute atomic E-state index is 0.0480. The van der Waals surface area contributed by atoms with Gasteiger partial charge in [-0.25, -0.2) is 0 Å². The van der Waals surface area contributed by atoms with Crippen molar-refractivity contribution in [2.45, 2.75) is 32.2 Å². The number of rotatable bonds is 7. The highest BCUT2D eigenvalue weighted by atomic mass is 16.5. The maximum atomic E-state index is 12.6. The Balaban J connectivity index is 2.25. The van der Waals surface area contributed by atoms with Crippen LogP contribution in [0.4, 0.5) is 0 Å². The predicted molar refractivity (Wildman–Crippen MR) is 90.6 cm³/mol. The van der Waals surface area contributed by atoms with Crippen LogP contribution in [0.5, 0.6) is 5.75 Å². The standard InChI is InChI=1S/C18H26N2O4/c1-3-20-16(22)10-9-15(18(23)19-11-4-12-21)17(20)13-5-7-14(24-2)8-6-13/h5-8,15,17,21H,3-4,9-12H2,1-2H3,(H,19,23)/t15-,17+/m1/s1. The van der Waals surface area contributed by atoms with Gasteiger partial charge in [-0.05, 0) is 37.5 Å². The Labute approximate surface area is 142 Å². The number of hydrogen-bond acceptors (Lipinski definition) is 4. The largest absolute Gasteiger partial charge is 0.497 e. The van der Waals surface area contributed by atoms with Crippen LogP contribution in [0.1, 0.15) is 37.8 Å². The van der Waals surface area contributed by atoms with Crippen molar-refractivity contribution in [2.75, 3.05) is 26.8 Å². The molecule has 2 atom stereocenters. The van der Waals surface area contributed by atoms with Gasteiger partial charge in [0.05, 0.1) is 19.1 Å². The van der Waals surface area contributed by atoms with Crippen LogP contribution in [-0.2, 0) is 9.59 Å². The summed E-state index contributed by atoms with van der Waals surface area (Å²) in [5.41, 5.74) is 0.938. The molecular formula is C18H26N2O4. The topological polar surface area (TPSA) is 78.9 Å². The molecule has 1 aromatic carbocycles. The molecule has 0 aliphatic carbocycles. The molecule has 24 heavy (non-hydrogen) atoms. The average Bonchev–Trinajstić information content (AvgIpc) is 2.61. The van der Waals surface area contributed by atoms with E-state index in [0.29, 0.717) is 32.4 Å². The number of benzene rings is 1. The van der Waals surface area contributed by atoms with Crippen LogP contribution in [0.3, 0.4) is 0 Å². The lowest BCUT2D eigenvalue weighted by molar-refractivity contribution is -0.143. The summed E-state index contributed by atoms with van der Waals surface area (Å²) in [5, 5.41) is 11.7. The second kappa shape index (κ2) is 8.68. The average molecular weight is 334 g/mol. The van der Waals surface area contributed by atoms with Crippen molar-refractivity contribution in [3.8, 4) is 5.75 Å². The molecule has 0 radical (unpaired) electrons. The summed E-state index contributed by atoms with van der Waals surface area (Å²) in [4.78, 5) is 26.7. The van der Waals surface area contributed by atoms with E-state index in [1.54, 1.807) is 12.0 Å². The maximum Gasteiger partial charge on any atom is 0.225 e. The van der Waals surface area contributed by atoms with Crippen molar-refractivity contribution < 1.29 is 19.4 Å². The lowest BCUT2D eigenvalue weighted by Crippen LogP contribution is -2.48. The Kier molecular flexibility index (Phi) is 6.61. The summed E-state index contributed by atoms with van der Waals surface area (Å²) < 4.78 is 5.19. The van der Waals surface area contributed by atoms with E-state index in [1.807, 2.05) is 31.2 Å². The smallest absolute Gasteiger partial charge is 0.225 e. The zero-order chi connectivity index (χ0) is 17.5. The fraction of sp³-hybridized carbons (Fsp3) is 0.556. The second-order valence-electron chi connectivity index (χ2n) is 5.91. The molecule has 0 unspecified atom stereocenters. The normalized spacial score (nSPS) is 20.8. The monoisotopic (exact) mass is 334 g/mol. The van der Waals surface area contributed by atoms with Crippen molar-refractivity contribution in [3.05, 3.63) is 29.8 Å². The molecule has 0 bridgehead atoms. The van der Waals surface area contributed by atoms with E-state index in [9.17, 15) is 9.59 Å². The molecule has 2 N–H and O–H groups in total. The predicted octanol–water partition coefficient (Wildman–Crippen LogP) is 1.49. The van der Waals surface area contributed by atoms with Crippen LogP contribution in [0.15, 0.2) is 24.3 Å². The number of aliphatic hydroxyl groups is 1. The Bertz CT molecular complexity index is 559. The minimum atomic E-state index is -0.283. The van der Waals surface area contributed by atoms with Crippen LogP contribution >= 0.6 is 0 Å². The highest BCUT2D eigenvalue weighted by molar-refractivity contribution is 5.85. The van der Waals surface area contributed by atoms with E-state index in [-0.39, 0.29) is 30.4 Å². The van der Waals surface area contributed by atoms with E-state index in [4.69, 9.17) is 9.84 Å². The number of nitrogens with zero attached hydrogens (tertiary/aromatic N) is 1. The zero-order valence-electron chi connectivity index (χ0n) is 14.3. The number of likely N-dealkylation sites (tertiary alicyclic amines) is 1. The molecule has 1 aromatic rings. The number of piperidine rings is 1. The van der Waals surface area contributed by atoms with E-state index in [1.165, 1.54) is 0 Å². The van der Waals surface area contributed by atoms with Gasteiger partial charge in [-0.2, -0.15) is 0 Å². The summed E-state index contributed by atoms with van der Waals surface area (Å²) in [7, 11) is 1.61. The third-order valence-corrected chi connectivity index (χ3v) is 4.48. The second-order valence-corrected chi connectivity index (χ2v) is 5.91. The molecule has 1 saturated heterocycles. The maximum absolute atomic E-state index is 12.6. The third kappa shape index (κ3) is 4.06. The van der Waals surface area contributed by atoms with Crippen molar-refractivity contribution in [2.24, 2.45) is 5.92 Å². The summed E-state index contributed by atoms with van der Waals surface area (Å²) in [6.45, 7) is 2.99. The van der Waals surface area contributed by atoms with Gasteiger partial charge in [0.2, 0.25) is 11.8 Å². The Morgan fingerprint density at radius 1 is 1.38 bits per heavy atom. The van der Waals surface area contributed by atoms with Crippen molar-refractivity contribution in [1.29, 1.82) is 0 Å². The molecule has 132 valence electrons. The van der Waals surface area contributed by atoms with Gasteiger partial charge < -0.3 is 20.1 Å². The van der Waals surface area contributed by atoms with E-state index in [0.717, 1.165) is 11.3 Å². The van der Waals surface area contributed by atoms with Gasteiger partial charge in [0.15, 0.2) is 0 Å². The Hall–Kier alpha value is -2.08. The molecule has 1 aliphatic heterocycles. The van der Waals surface area contributed by atoms with Gasteiger partial charge in [-0.1, -0.05) is 12.1 Å².